The topological polar surface area (TPSA) is 49.4 Å². The highest BCUT2D eigenvalue weighted by Gasteiger charge is 2.32. The van der Waals surface area contributed by atoms with Crippen LogP contribution in [0.2, 0.25) is 15.1 Å². The van der Waals surface area contributed by atoms with Gasteiger partial charge < -0.3 is 10.2 Å². The highest BCUT2D eigenvalue weighted by molar-refractivity contribution is 7.99. The summed E-state index contributed by atoms with van der Waals surface area (Å²) in [6.45, 7) is 0.257. The van der Waals surface area contributed by atoms with Crippen molar-refractivity contribution in [3.05, 3.63) is 105 Å². The van der Waals surface area contributed by atoms with Gasteiger partial charge in [-0.25, -0.2) is 0 Å². The zero-order valence-electron chi connectivity index (χ0n) is 21.8. The number of halogens is 3. The minimum absolute atomic E-state index is 0.0974. The molecule has 0 spiro atoms. The molecule has 0 unspecified atom stereocenters. The van der Waals surface area contributed by atoms with E-state index in [0.717, 1.165) is 42.4 Å². The first kappa shape index (κ1) is 29.8. The van der Waals surface area contributed by atoms with Gasteiger partial charge in [0, 0.05) is 29.8 Å². The Morgan fingerprint density at radius 2 is 1.54 bits per heavy atom. The van der Waals surface area contributed by atoms with Crippen molar-refractivity contribution in [1.82, 2.24) is 10.2 Å². The number of amides is 2. The van der Waals surface area contributed by atoms with Crippen molar-refractivity contribution in [2.45, 2.75) is 62.9 Å². The molecule has 1 aliphatic carbocycles. The Bertz CT molecular complexity index is 1230. The fourth-order valence-electron chi connectivity index (χ4n) is 4.85. The van der Waals surface area contributed by atoms with Gasteiger partial charge in [0.05, 0.1) is 15.8 Å². The number of nitrogens with zero attached hydrogens (tertiary/aromatic N) is 1. The Hall–Kier alpha value is -2.18. The lowest BCUT2D eigenvalue weighted by atomic mass is 9.94. The summed E-state index contributed by atoms with van der Waals surface area (Å²) in [5.74, 6) is 0.703. The third-order valence-corrected chi connectivity index (χ3v) is 8.95. The molecule has 2 amide bonds. The summed E-state index contributed by atoms with van der Waals surface area (Å²) in [4.78, 5) is 29.4. The second-order valence-corrected chi connectivity index (χ2v) is 12.2. The van der Waals surface area contributed by atoms with Crippen molar-refractivity contribution >= 4 is 58.4 Å². The van der Waals surface area contributed by atoms with E-state index < -0.39 is 6.04 Å². The Labute approximate surface area is 250 Å². The summed E-state index contributed by atoms with van der Waals surface area (Å²) < 4.78 is 0. The Balaban J connectivity index is 1.57. The van der Waals surface area contributed by atoms with Crippen LogP contribution in [0.15, 0.2) is 72.8 Å². The van der Waals surface area contributed by atoms with E-state index in [1.165, 1.54) is 18.2 Å². The minimum Gasteiger partial charge on any atom is -0.352 e. The maximum absolute atomic E-state index is 13.8. The molecule has 206 valence electrons. The van der Waals surface area contributed by atoms with Crippen LogP contribution in [0.5, 0.6) is 0 Å². The highest BCUT2D eigenvalue weighted by Crippen LogP contribution is 2.25. The van der Waals surface area contributed by atoms with E-state index >= 15 is 0 Å². The number of rotatable bonds is 11. The summed E-state index contributed by atoms with van der Waals surface area (Å²) >= 11 is 20.0. The molecular formula is C31H33Cl3N2O2S. The molecule has 1 saturated carbocycles. The van der Waals surface area contributed by atoms with Gasteiger partial charge in [-0.15, -0.1) is 11.8 Å². The number of thioether (sulfide) groups is 1. The summed E-state index contributed by atoms with van der Waals surface area (Å²) in [5, 5.41) is 4.82. The lowest BCUT2D eigenvalue weighted by Crippen LogP contribution is -2.53. The standard InChI is InChI=1S/C31H33Cl3N2O2S/c32-25-14-11-23(12-15-25)20-39-21-30(37)36(19-24-13-16-27(33)28(34)17-24)29(18-22-7-3-1-4-8-22)31(38)35-26-9-5-2-6-10-26/h1,3-4,7-8,11-17,26,29H,2,5-6,9-10,18-21H2,(H,35,38)/t29-/m0/s1. The van der Waals surface area contributed by atoms with Crippen LogP contribution in [0, 0.1) is 0 Å². The van der Waals surface area contributed by atoms with Gasteiger partial charge in [0.25, 0.3) is 0 Å². The number of benzene rings is 3. The van der Waals surface area contributed by atoms with Gasteiger partial charge in [-0.2, -0.15) is 0 Å². The van der Waals surface area contributed by atoms with Crippen LogP contribution in [-0.2, 0) is 28.3 Å². The lowest BCUT2D eigenvalue weighted by Gasteiger charge is -2.33. The Morgan fingerprint density at radius 3 is 2.23 bits per heavy atom. The van der Waals surface area contributed by atoms with Crippen LogP contribution in [0.4, 0.5) is 0 Å². The highest BCUT2D eigenvalue weighted by atomic mass is 35.5. The molecule has 4 rings (SSSR count). The van der Waals surface area contributed by atoms with Crippen molar-refractivity contribution in [1.29, 1.82) is 0 Å². The van der Waals surface area contributed by atoms with Crippen LogP contribution in [0.25, 0.3) is 0 Å². The van der Waals surface area contributed by atoms with Crippen molar-refractivity contribution in [3.8, 4) is 0 Å². The van der Waals surface area contributed by atoms with Crippen LogP contribution in [-0.4, -0.2) is 34.6 Å². The van der Waals surface area contributed by atoms with Gasteiger partial charge in [0.15, 0.2) is 0 Å². The van der Waals surface area contributed by atoms with Gasteiger partial charge in [-0.3, -0.25) is 9.59 Å². The van der Waals surface area contributed by atoms with Crippen molar-refractivity contribution in [2.24, 2.45) is 0 Å². The maximum atomic E-state index is 13.8. The number of hydrogen-bond donors (Lipinski definition) is 1. The van der Waals surface area contributed by atoms with Gasteiger partial charge in [0.1, 0.15) is 6.04 Å². The Kier molecular flexibility index (Phi) is 11.5. The molecule has 0 bridgehead atoms. The second-order valence-electron chi connectivity index (χ2n) is 9.94. The number of carbonyl (C=O) groups excluding carboxylic acids is 2. The lowest BCUT2D eigenvalue weighted by molar-refractivity contribution is -0.139. The molecule has 8 heteroatoms. The van der Waals surface area contributed by atoms with E-state index in [-0.39, 0.29) is 30.2 Å². The predicted molar refractivity (Wildman–Crippen MR) is 164 cm³/mol. The van der Waals surface area contributed by atoms with Gasteiger partial charge >= 0.3 is 0 Å². The fraction of sp³-hybridized carbons (Fsp3) is 0.355. The molecule has 1 atom stereocenters. The minimum atomic E-state index is -0.660. The first-order valence-electron chi connectivity index (χ1n) is 13.3. The first-order chi connectivity index (χ1) is 18.9. The van der Waals surface area contributed by atoms with E-state index in [9.17, 15) is 9.59 Å². The third-order valence-electron chi connectivity index (χ3n) is 6.97. The molecule has 0 saturated heterocycles. The Morgan fingerprint density at radius 1 is 0.846 bits per heavy atom. The van der Waals surface area contributed by atoms with E-state index in [1.54, 1.807) is 17.0 Å². The summed E-state index contributed by atoms with van der Waals surface area (Å²) in [5.41, 5.74) is 2.91. The quantitative estimate of drug-likeness (QED) is 0.242. The van der Waals surface area contributed by atoms with Gasteiger partial charge in [0.2, 0.25) is 11.8 Å². The van der Waals surface area contributed by atoms with Crippen LogP contribution in [0.1, 0.15) is 48.8 Å². The smallest absolute Gasteiger partial charge is 0.243 e. The summed E-state index contributed by atoms with van der Waals surface area (Å²) in [6.07, 6.45) is 5.80. The zero-order chi connectivity index (χ0) is 27.6. The number of hydrogen-bond acceptors (Lipinski definition) is 3. The molecule has 1 aliphatic rings. The van der Waals surface area contributed by atoms with Crippen molar-refractivity contribution in [3.63, 3.8) is 0 Å². The molecule has 3 aromatic rings. The van der Waals surface area contributed by atoms with E-state index in [4.69, 9.17) is 34.8 Å². The third kappa shape index (κ3) is 9.18. The van der Waals surface area contributed by atoms with Crippen molar-refractivity contribution < 1.29 is 9.59 Å². The van der Waals surface area contributed by atoms with Gasteiger partial charge in [-0.05, 0) is 53.8 Å². The summed E-state index contributed by atoms with van der Waals surface area (Å²) in [7, 11) is 0. The van der Waals surface area contributed by atoms with E-state index in [2.05, 4.69) is 5.32 Å². The molecule has 0 heterocycles. The number of nitrogens with one attached hydrogen (secondary N) is 1. The second kappa shape index (κ2) is 15.0. The molecule has 0 radical (unpaired) electrons. The largest absolute Gasteiger partial charge is 0.352 e. The maximum Gasteiger partial charge on any atom is 0.243 e. The number of carbonyl (C=O) groups is 2. The molecule has 1 fully saturated rings. The molecule has 1 N–H and O–H groups in total. The van der Waals surface area contributed by atoms with Crippen molar-refractivity contribution in [2.75, 3.05) is 5.75 Å². The molecule has 39 heavy (non-hydrogen) atoms. The average molecular weight is 604 g/mol. The molecule has 3 aromatic carbocycles. The van der Waals surface area contributed by atoms with E-state index in [1.807, 2.05) is 60.7 Å². The monoisotopic (exact) mass is 602 g/mol. The average Bonchev–Trinajstić information content (AvgIpc) is 2.94. The summed E-state index contributed by atoms with van der Waals surface area (Å²) in [6, 6.07) is 22.3. The molecule has 4 nitrogen and oxygen atoms in total. The first-order valence-corrected chi connectivity index (χ1v) is 15.6. The zero-order valence-corrected chi connectivity index (χ0v) is 24.8. The molecule has 0 aromatic heterocycles. The SMILES string of the molecule is O=C(NC1CCCCC1)[C@H](Cc1ccccc1)N(Cc1ccc(Cl)c(Cl)c1)C(=O)CSCc1ccc(Cl)cc1. The fourth-order valence-corrected chi connectivity index (χ4v) is 6.17. The van der Waals surface area contributed by atoms with E-state index in [0.29, 0.717) is 27.2 Å². The van der Waals surface area contributed by atoms with Gasteiger partial charge in [-0.1, -0.05) is 103 Å². The normalized spacial score (nSPS) is 14.5. The molecular weight excluding hydrogens is 571 g/mol. The van der Waals surface area contributed by atoms with Crippen LogP contribution in [0.3, 0.4) is 0 Å². The molecule has 0 aliphatic heterocycles. The van der Waals surface area contributed by atoms with Crippen LogP contribution < -0.4 is 5.32 Å². The van der Waals surface area contributed by atoms with Crippen LogP contribution >= 0.6 is 46.6 Å². The predicted octanol–water partition coefficient (Wildman–Crippen LogP) is 7.97.